The van der Waals surface area contributed by atoms with Crippen LogP contribution in [0.4, 0.5) is 0 Å². The van der Waals surface area contributed by atoms with Crippen LogP contribution in [0, 0.1) is 0 Å². The molecule has 0 fully saturated rings. The van der Waals surface area contributed by atoms with Crippen molar-refractivity contribution in [2.75, 3.05) is 6.67 Å². The largest absolute Gasteiger partial charge is 0.286 e. The number of allylic oxidation sites excluding steroid dienone is 1. The lowest BCUT2D eigenvalue weighted by Crippen LogP contribution is -2.28. The molecule has 3 rings (SSSR count). The van der Waals surface area contributed by atoms with E-state index in [-0.39, 0.29) is 0 Å². The van der Waals surface area contributed by atoms with Gasteiger partial charge in [-0.1, -0.05) is 0 Å². The van der Waals surface area contributed by atoms with E-state index in [9.17, 15) is 0 Å². The van der Waals surface area contributed by atoms with Gasteiger partial charge in [0.15, 0.2) is 5.84 Å². The van der Waals surface area contributed by atoms with Crippen molar-refractivity contribution in [3.63, 3.8) is 0 Å². The maximum absolute atomic E-state index is 4.29. The van der Waals surface area contributed by atoms with Gasteiger partial charge in [0.25, 0.3) is 0 Å². The number of rotatable bonds is 0. The number of amidine groups is 1. The van der Waals surface area contributed by atoms with E-state index >= 15 is 0 Å². The maximum Gasteiger partial charge on any atom is 0.174 e. The van der Waals surface area contributed by atoms with Gasteiger partial charge in [0.1, 0.15) is 6.67 Å². The van der Waals surface area contributed by atoms with Gasteiger partial charge in [-0.3, -0.25) is 5.43 Å². The second-order valence-electron chi connectivity index (χ2n) is 3.25. The van der Waals surface area contributed by atoms with E-state index in [0.717, 1.165) is 12.5 Å². The summed E-state index contributed by atoms with van der Waals surface area (Å²) in [7, 11) is 0. The SMILES string of the molecule is C1=NN2CNN=C2C2=C1CCC2. The molecule has 2 aliphatic heterocycles. The van der Waals surface area contributed by atoms with Crippen LogP contribution in [0.15, 0.2) is 21.3 Å². The minimum atomic E-state index is 0.725. The number of nitrogens with one attached hydrogen (secondary N) is 1. The number of nitrogens with zero attached hydrogens (tertiary/aromatic N) is 3. The normalized spacial score (nSPS) is 25.3. The van der Waals surface area contributed by atoms with Crippen molar-refractivity contribution < 1.29 is 0 Å². The minimum Gasteiger partial charge on any atom is -0.286 e. The zero-order valence-electron chi connectivity index (χ0n) is 6.75. The van der Waals surface area contributed by atoms with E-state index in [1.807, 2.05) is 11.2 Å². The van der Waals surface area contributed by atoms with Crippen LogP contribution in [0.25, 0.3) is 0 Å². The molecule has 2 heterocycles. The second kappa shape index (κ2) is 2.09. The molecule has 0 aromatic carbocycles. The highest BCUT2D eigenvalue weighted by atomic mass is 15.6. The standard InChI is InChI=1S/C8H10N4/c1-2-6-4-10-12-5-9-11-8(12)7(6)3-1/h4,9H,1-3,5H2. The molecule has 1 aliphatic carbocycles. The second-order valence-corrected chi connectivity index (χ2v) is 3.25. The molecule has 0 aromatic heterocycles. The number of hydrazone groups is 2. The molecule has 0 amide bonds. The first kappa shape index (κ1) is 6.22. The van der Waals surface area contributed by atoms with Crippen molar-refractivity contribution in [1.29, 1.82) is 0 Å². The molecule has 0 saturated carbocycles. The highest BCUT2D eigenvalue weighted by Gasteiger charge is 2.28. The smallest absolute Gasteiger partial charge is 0.174 e. The van der Waals surface area contributed by atoms with E-state index in [2.05, 4.69) is 15.6 Å². The lowest BCUT2D eigenvalue weighted by atomic mass is 10.1. The highest BCUT2D eigenvalue weighted by molar-refractivity contribution is 6.06. The minimum absolute atomic E-state index is 0.725. The monoisotopic (exact) mass is 162 g/mol. The summed E-state index contributed by atoms with van der Waals surface area (Å²) >= 11 is 0. The summed E-state index contributed by atoms with van der Waals surface area (Å²) in [5.74, 6) is 1.05. The molecule has 12 heavy (non-hydrogen) atoms. The number of hydrogen-bond donors (Lipinski definition) is 1. The summed E-state index contributed by atoms with van der Waals surface area (Å²) in [5, 5.41) is 10.4. The van der Waals surface area contributed by atoms with Crippen LogP contribution in [0.1, 0.15) is 19.3 Å². The molecule has 4 nitrogen and oxygen atoms in total. The third-order valence-corrected chi connectivity index (χ3v) is 2.53. The molecular weight excluding hydrogens is 152 g/mol. The van der Waals surface area contributed by atoms with Crippen LogP contribution in [0.5, 0.6) is 0 Å². The first-order valence-corrected chi connectivity index (χ1v) is 4.29. The average molecular weight is 162 g/mol. The Labute approximate surface area is 70.6 Å². The van der Waals surface area contributed by atoms with E-state index in [1.54, 1.807) is 0 Å². The van der Waals surface area contributed by atoms with Gasteiger partial charge in [0.2, 0.25) is 0 Å². The van der Waals surface area contributed by atoms with Crippen molar-refractivity contribution in [2.45, 2.75) is 19.3 Å². The van der Waals surface area contributed by atoms with Gasteiger partial charge in [-0.25, -0.2) is 5.01 Å². The van der Waals surface area contributed by atoms with Crippen molar-refractivity contribution in [2.24, 2.45) is 10.2 Å². The van der Waals surface area contributed by atoms with Crippen LogP contribution >= 0.6 is 0 Å². The molecule has 1 N–H and O–H groups in total. The van der Waals surface area contributed by atoms with Gasteiger partial charge in [-0.15, -0.1) is 0 Å². The van der Waals surface area contributed by atoms with Gasteiger partial charge >= 0.3 is 0 Å². The number of fused-ring (bicyclic) bond motifs is 2. The quantitative estimate of drug-likeness (QED) is 0.568. The molecule has 0 bridgehead atoms. The summed E-state index contributed by atoms with van der Waals surface area (Å²) in [6, 6.07) is 0. The van der Waals surface area contributed by atoms with Gasteiger partial charge in [0.05, 0.1) is 6.21 Å². The highest BCUT2D eigenvalue weighted by Crippen LogP contribution is 2.30. The first-order chi connectivity index (χ1) is 5.95. The van der Waals surface area contributed by atoms with Gasteiger partial charge in [0, 0.05) is 5.57 Å². The van der Waals surface area contributed by atoms with E-state index in [1.165, 1.54) is 30.4 Å². The average Bonchev–Trinajstić information content (AvgIpc) is 2.71. The molecule has 0 atom stereocenters. The topological polar surface area (TPSA) is 40.0 Å². The van der Waals surface area contributed by atoms with Crippen LogP contribution in [-0.4, -0.2) is 23.7 Å². The fourth-order valence-corrected chi connectivity index (χ4v) is 1.93. The summed E-state index contributed by atoms with van der Waals surface area (Å²) < 4.78 is 0. The summed E-state index contributed by atoms with van der Waals surface area (Å²) in [6.07, 6.45) is 5.57. The summed E-state index contributed by atoms with van der Waals surface area (Å²) in [6.45, 7) is 0.725. The Morgan fingerprint density at radius 3 is 3.42 bits per heavy atom. The van der Waals surface area contributed by atoms with Crippen molar-refractivity contribution >= 4 is 12.1 Å². The number of hydrogen-bond acceptors (Lipinski definition) is 4. The van der Waals surface area contributed by atoms with Crippen LogP contribution in [-0.2, 0) is 0 Å². The molecule has 0 saturated heterocycles. The van der Waals surface area contributed by atoms with Crippen LogP contribution in [0.2, 0.25) is 0 Å². The lowest BCUT2D eigenvalue weighted by molar-refractivity contribution is 0.450. The van der Waals surface area contributed by atoms with Gasteiger partial charge in [-0.05, 0) is 24.8 Å². The third-order valence-electron chi connectivity index (χ3n) is 2.53. The van der Waals surface area contributed by atoms with Crippen LogP contribution < -0.4 is 5.43 Å². The zero-order chi connectivity index (χ0) is 7.97. The fraction of sp³-hybridized carbons (Fsp3) is 0.500. The van der Waals surface area contributed by atoms with Crippen molar-refractivity contribution in [1.82, 2.24) is 10.4 Å². The van der Waals surface area contributed by atoms with Crippen molar-refractivity contribution in [3.8, 4) is 0 Å². The third kappa shape index (κ3) is 0.668. The Balaban J connectivity index is 2.09. The molecule has 3 aliphatic rings. The fourth-order valence-electron chi connectivity index (χ4n) is 1.93. The predicted octanol–water partition coefficient (Wildman–Crippen LogP) is 0.643. The van der Waals surface area contributed by atoms with E-state index < -0.39 is 0 Å². The zero-order valence-corrected chi connectivity index (χ0v) is 6.75. The predicted molar refractivity (Wildman–Crippen MR) is 46.6 cm³/mol. The molecule has 0 aromatic rings. The molecule has 0 unspecified atom stereocenters. The molecular formula is C8H10N4. The molecule has 62 valence electrons. The lowest BCUT2D eigenvalue weighted by Gasteiger charge is -2.17. The summed E-state index contributed by atoms with van der Waals surface area (Å²) in [4.78, 5) is 0. The molecule has 0 radical (unpaired) electrons. The Hall–Kier alpha value is -1.32. The van der Waals surface area contributed by atoms with E-state index in [0.29, 0.717) is 0 Å². The maximum atomic E-state index is 4.29. The van der Waals surface area contributed by atoms with Gasteiger partial charge in [-0.2, -0.15) is 10.2 Å². The summed E-state index contributed by atoms with van der Waals surface area (Å²) in [5.41, 5.74) is 5.72. The van der Waals surface area contributed by atoms with Gasteiger partial charge < -0.3 is 0 Å². The molecule has 0 spiro atoms. The Morgan fingerprint density at radius 2 is 2.42 bits per heavy atom. The Bertz CT molecular complexity index is 313. The van der Waals surface area contributed by atoms with Crippen LogP contribution in [0.3, 0.4) is 0 Å². The van der Waals surface area contributed by atoms with Crippen molar-refractivity contribution in [3.05, 3.63) is 11.1 Å². The Morgan fingerprint density at radius 1 is 1.42 bits per heavy atom. The molecule has 4 heteroatoms. The van der Waals surface area contributed by atoms with E-state index in [4.69, 9.17) is 0 Å². The Kier molecular flexibility index (Phi) is 1.08. The first-order valence-electron chi connectivity index (χ1n) is 4.29.